The zero-order valence-corrected chi connectivity index (χ0v) is 13.7. The molecule has 0 heterocycles. The predicted molar refractivity (Wildman–Crippen MR) is 77.8 cm³/mol. The van der Waals surface area contributed by atoms with Crippen molar-refractivity contribution in [3.05, 3.63) is 0 Å². The average molecular weight is 286 g/mol. The minimum Gasteiger partial charge on any atom is -0.303 e. The molecular weight excluding hydrogens is 259 g/mol. The van der Waals surface area contributed by atoms with E-state index in [2.05, 4.69) is 6.92 Å². The Morgan fingerprint density at radius 2 is 1.74 bits per heavy atom. The Kier molecular flexibility index (Phi) is 6.05. The summed E-state index contributed by atoms with van der Waals surface area (Å²) in [6.45, 7) is 9.95. The van der Waals surface area contributed by atoms with E-state index in [1.807, 2.05) is 33.5 Å². The molecule has 0 radical (unpaired) electrons. The molecule has 4 nitrogen and oxygen atoms in total. The minimum absolute atomic E-state index is 0.0318. The summed E-state index contributed by atoms with van der Waals surface area (Å²) in [6, 6.07) is 0.0637. The summed E-state index contributed by atoms with van der Waals surface area (Å²) < 4.78 is 20.5. The van der Waals surface area contributed by atoms with Gasteiger partial charge in [-0.2, -0.15) is 5.26 Å². The van der Waals surface area contributed by atoms with Crippen molar-refractivity contribution in [2.75, 3.05) is 0 Å². The molecule has 0 spiro atoms. The van der Waals surface area contributed by atoms with Crippen LogP contribution in [-0.2, 0) is 9.09 Å². The van der Waals surface area contributed by atoms with Gasteiger partial charge in [0.1, 0.15) is 0 Å². The summed E-state index contributed by atoms with van der Waals surface area (Å²) >= 11 is 0. The van der Waals surface area contributed by atoms with Crippen LogP contribution in [-0.4, -0.2) is 22.9 Å². The van der Waals surface area contributed by atoms with Gasteiger partial charge in [0.05, 0.1) is 6.10 Å². The fourth-order valence-corrected chi connectivity index (χ4v) is 5.11. The van der Waals surface area contributed by atoms with Gasteiger partial charge in [-0.15, -0.1) is 0 Å². The Morgan fingerprint density at radius 1 is 1.21 bits per heavy atom. The third kappa shape index (κ3) is 4.05. The smallest absolute Gasteiger partial charge is 0.303 e. The standard InChI is InChI=1S/C14H27N2O2P/c1-11(2)16(12(3)4)19(17,10-15)18-14-9-7-6-8-13(14)5/h11-14H,6-9H2,1-5H3. The molecule has 3 unspecified atom stereocenters. The van der Waals surface area contributed by atoms with Crippen molar-refractivity contribution in [2.24, 2.45) is 5.92 Å². The topological polar surface area (TPSA) is 53.3 Å². The van der Waals surface area contributed by atoms with E-state index in [1.165, 1.54) is 6.42 Å². The fraction of sp³-hybridized carbons (Fsp3) is 0.929. The summed E-state index contributed by atoms with van der Waals surface area (Å²) in [5, 5.41) is 9.39. The molecule has 1 rings (SSSR count). The molecule has 0 aromatic rings. The van der Waals surface area contributed by atoms with Gasteiger partial charge < -0.3 is 4.52 Å². The first-order valence-electron chi connectivity index (χ1n) is 7.30. The lowest BCUT2D eigenvalue weighted by Crippen LogP contribution is -2.36. The van der Waals surface area contributed by atoms with E-state index in [0.29, 0.717) is 5.92 Å². The van der Waals surface area contributed by atoms with Crippen LogP contribution in [0.2, 0.25) is 0 Å². The lowest BCUT2D eigenvalue weighted by molar-refractivity contribution is 0.0890. The zero-order chi connectivity index (χ0) is 14.6. The molecule has 1 aliphatic carbocycles. The minimum atomic E-state index is -3.39. The molecule has 0 aromatic carbocycles. The van der Waals surface area contributed by atoms with Gasteiger partial charge in [0.2, 0.25) is 0 Å². The second-order valence-electron chi connectivity index (χ2n) is 6.09. The van der Waals surface area contributed by atoms with Gasteiger partial charge in [0.25, 0.3) is 0 Å². The number of hydrogen-bond donors (Lipinski definition) is 0. The van der Waals surface area contributed by atoms with Gasteiger partial charge in [-0.05, 0) is 46.5 Å². The second-order valence-corrected chi connectivity index (χ2v) is 8.01. The van der Waals surface area contributed by atoms with E-state index < -0.39 is 7.52 Å². The summed E-state index contributed by atoms with van der Waals surface area (Å²) in [5.41, 5.74) is 0. The Hall–Kier alpha value is -0.360. The van der Waals surface area contributed by atoms with Crippen LogP contribution in [0.15, 0.2) is 0 Å². The van der Waals surface area contributed by atoms with Gasteiger partial charge in [0, 0.05) is 12.1 Å². The molecule has 5 heteroatoms. The number of rotatable bonds is 5. The Balaban J connectivity index is 2.90. The van der Waals surface area contributed by atoms with E-state index in [1.54, 1.807) is 4.67 Å². The average Bonchev–Trinajstić information content (AvgIpc) is 2.31. The van der Waals surface area contributed by atoms with E-state index in [4.69, 9.17) is 4.52 Å². The van der Waals surface area contributed by atoms with Crippen LogP contribution in [0, 0.1) is 17.0 Å². The molecular formula is C14H27N2O2P. The normalized spacial score (nSPS) is 27.5. The quantitative estimate of drug-likeness (QED) is 0.704. The van der Waals surface area contributed by atoms with Crippen molar-refractivity contribution in [1.29, 1.82) is 5.26 Å². The third-order valence-corrected chi connectivity index (χ3v) is 6.14. The van der Waals surface area contributed by atoms with Crippen molar-refractivity contribution >= 4 is 7.52 Å². The molecule has 0 aromatic heterocycles. The van der Waals surface area contributed by atoms with Crippen molar-refractivity contribution in [2.45, 2.75) is 78.5 Å². The summed E-state index contributed by atoms with van der Waals surface area (Å²) in [5.74, 6) is 2.35. The number of nitriles is 1. The molecule has 19 heavy (non-hydrogen) atoms. The van der Waals surface area contributed by atoms with Gasteiger partial charge in [0.15, 0.2) is 5.81 Å². The van der Waals surface area contributed by atoms with Crippen LogP contribution in [0.25, 0.3) is 0 Å². The zero-order valence-electron chi connectivity index (χ0n) is 12.8. The lowest BCUT2D eigenvalue weighted by atomic mass is 9.88. The first kappa shape index (κ1) is 16.7. The molecule has 1 aliphatic rings. The molecule has 0 saturated heterocycles. The van der Waals surface area contributed by atoms with Crippen LogP contribution in [0.3, 0.4) is 0 Å². The highest BCUT2D eigenvalue weighted by atomic mass is 31.2. The lowest BCUT2D eigenvalue weighted by Gasteiger charge is -2.37. The number of nitrogens with zero attached hydrogens (tertiary/aromatic N) is 2. The van der Waals surface area contributed by atoms with E-state index in [0.717, 1.165) is 19.3 Å². The first-order chi connectivity index (χ1) is 8.81. The molecule has 3 atom stereocenters. The van der Waals surface area contributed by atoms with Crippen molar-refractivity contribution in [1.82, 2.24) is 4.67 Å². The van der Waals surface area contributed by atoms with E-state index in [-0.39, 0.29) is 18.2 Å². The molecule has 110 valence electrons. The maximum atomic E-state index is 12.9. The second kappa shape index (κ2) is 6.88. The van der Waals surface area contributed by atoms with Crippen LogP contribution in [0.1, 0.15) is 60.3 Å². The van der Waals surface area contributed by atoms with Crippen LogP contribution in [0.5, 0.6) is 0 Å². The van der Waals surface area contributed by atoms with Crippen molar-refractivity contribution in [3.63, 3.8) is 0 Å². The largest absolute Gasteiger partial charge is 0.371 e. The Labute approximate surface area is 117 Å². The summed E-state index contributed by atoms with van der Waals surface area (Å²) in [7, 11) is -3.39. The molecule has 0 aliphatic heterocycles. The third-order valence-electron chi connectivity index (χ3n) is 3.80. The van der Waals surface area contributed by atoms with Crippen LogP contribution in [0.4, 0.5) is 0 Å². The number of hydrogen-bond acceptors (Lipinski definition) is 3. The Morgan fingerprint density at radius 3 is 2.16 bits per heavy atom. The van der Waals surface area contributed by atoms with Crippen LogP contribution < -0.4 is 0 Å². The van der Waals surface area contributed by atoms with Gasteiger partial charge in [-0.1, -0.05) is 19.8 Å². The molecule has 1 saturated carbocycles. The molecule has 0 bridgehead atoms. The SMILES string of the molecule is CC1CCCCC1OP(=O)(C#N)N(C(C)C)C(C)C. The van der Waals surface area contributed by atoms with Crippen molar-refractivity contribution in [3.8, 4) is 5.81 Å². The van der Waals surface area contributed by atoms with Crippen LogP contribution >= 0.6 is 7.52 Å². The fourth-order valence-electron chi connectivity index (χ4n) is 2.96. The van der Waals surface area contributed by atoms with Gasteiger partial charge >= 0.3 is 7.52 Å². The monoisotopic (exact) mass is 286 g/mol. The first-order valence-corrected chi connectivity index (χ1v) is 8.88. The van der Waals surface area contributed by atoms with Gasteiger partial charge in [-0.3, -0.25) is 4.57 Å². The maximum Gasteiger partial charge on any atom is 0.371 e. The summed E-state index contributed by atoms with van der Waals surface area (Å²) in [4.78, 5) is 0. The molecule has 0 amide bonds. The van der Waals surface area contributed by atoms with Gasteiger partial charge in [-0.25, -0.2) is 4.67 Å². The van der Waals surface area contributed by atoms with Crippen molar-refractivity contribution < 1.29 is 9.09 Å². The molecule has 0 N–H and O–H groups in total. The van der Waals surface area contributed by atoms with E-state index >= 15 is 0 Å². The summed E-state index contributed by atoms with van der Waals surface area (Å²) in [6.07, 6.45) is 4.27. The highest BCUT2D eigenvalue weighted by Crippen LogP contribution is 2.54. The molecule has 1 fully saturated rings. The predicted octanol–water partition coefficient (Wildman–Crippen LogP) is 4.37. The highest BCUT2D eigenvalue weighted by molar-refractivity contribution is 7.61. The maximum absolute atomic E-state index is 12.9. The van der Waals surface area contributed by atoms with E-state index in [9.17, 15) is 9.83 Å². The highest BCUT2D eigenvalue weighted by Gasteiger charge is 2.40. The Bertz CT molecular complexity index is 368.